The van der Waals surface area contributed by atoms with Gasteiger partial charge in [-0.15, -0.1) is 0 Å². The SMILES string of the molecule is C[C@@]12CC[C@H]3[C@H]4C[C@@H](O)C5=CC(CC[C@@]53C)OC(CO)[C@H]1CC[C@@H]42. The van der Waals surface area contributed by atoms with Crippen molar-refractivity contribution >= 4 is 0 Å². The highest BCUT2D eigenvalue weighted by Crippen LogP contribution is 2.68. The van der Waals surface area contributed by atoms with E-state index in [4.69, 9.17) is 4.74 Å². The molecule has 9 aliphatic rings. The Labute approximate surface area is 145 Å². The molecule has 2 unspecified atom stereocenters. The van der Waals surface area contributed by atoms with E-state index in [9.17, 15) is 10.2 Å². The summed E-state index contributed by atoms with van der Waals surface area (Å²) in [6.45, 7) is 5.03. The predicted molar refractivity (Wildman–Crippen MR) is 92.3 cm³/mol. The second kappa shape index (κ2) is 5.08. The van der Waals surface area contributed by atoms with E-state index >= 15 is 0 Å². The van der Waals surface area contributed by atoms with Crippen LogP contribution in [0, 0.1) is 34.5 Å². The Morgan fingerprint density at radius 3 is 2.67 bits per heavy atom. The van der Waals surface area contributed by atoms with Crippen LogP contribution in [-0.4, -0.2) is 35.1 Å². The number of aliphatic hydroxyl groups is 2. The van der Waals surface area contributed by atoms with E-state index in [2.05, 4.69) is 19.9 Å². The fourth-order valence-corrected chi connectivity index (χ4v) is 7.99. The fraction of sp³-hybridized carbons (Fsp3) is 0.905. The second-order valence-corrected chi connectivity index (χ2v) is 9.83. The van der Waals surface area contributed by atoms with Gasteiger partial charge in [0.05, 0.1) is 24.9 Å². The minimum absolute atomic E-state index is 0.0302. The topological polar surface area (TPSA) is 49.7 Å². The van der Waals surface area contributed by atoms with Gasteiger partial charge in [0.2, 0.25) is 0 Å². The van der Waals surface area contributed by atoms with E-state index in [-0.39, 0.29) is 35.7 Å². The average molecular weight is 332 g/mol. The van der Waals surface area contributed by atoms with Crippen molar-refractivity contribution in [2.75, 3.05) is 6.61 Å². The largest absolute Gasteiger partial charge is 0.394 e. The number of hydrogen-bond acceptors (Lipinski definition) is 3. The minimum Gasteiger partial charge on any atom is -0.394 e. The van der Waals surface area contributed by atoms with Gasteiger partial charge < -0.3 is 14.9 Å². The monoisotopic (exact) mass is 332 g/mol. The molecule has 4 aliphatic carbocycles. The Kier molecular flexibility index (Phi) is 3.35. The Morgan fingerprint density at radius 1 is 1.08 bits per heavy atom. The first-order valence-corrected chi connectivity index (χ1v) is 10.1. The van der Waals surface area contributed by atoms with Crippen molar-refractivity contribution in [3.63, 3.8) is 0 Å². The van der Waals surface area contributed by atoms with Gasteiger partial charge in [0, 0.05) is 0 Å². The smallest absolute Gasteiger partial charge is 0.0847 e. The Morgan fingerprint density at radius 2 is 1.88 bits per heavy atom. The van der Waals surface area contributed by atoms with Crippen molar-refractivity contribution in [1.82, 2.24) is 0 Å². The zero-order valence-electron chi connectivity index (χ0n) is 15.1. The number of aliphatic hydroxyl groups excluding tert-OH is 2. The summed E-state index contributed by atoms with van der Waals surface area (Å²) in [6.07, 6.45) is 10.2. The normalized spacial score (nSPS) is 58.7. The maximum Gasteiger partial charge on any atom is 0.0847 e. The molecule has 9 rings (SSSR count). The first-order chi connectivity index (χ1) is 11.5. The van der Waals surface area contributed by atoms with Gasteiger partial charge in [-0.25, -0.2) is 0 Å². The Bertz CT molecular complexity index is 571. The number of hydrogen-bond donors (Lipinski definition) is 2. The molecule has 0 aromatic heterocycles. The third-order valence-electron chi connectivity index (χ3n) is 9.13. The summed E-state index contributed by atoms with van der Waals surface area (Å²) in [5.41, 5.74) is 1.71. The Balaban J connectivity index is 1.69. The average Bonchev–Trinajstić information content (AvgIpc) is 2.89. The fourth-order valence-electron chi connectivity index (χ4n) is 7.99. The number of rotatable bonds is 1. The van der Waals surface area contributed by atoms with Gasteiger partial charge in [-0.05, 0) is 85.0 Å². The van der Waals surface area contributed by atoms with Crippen molar-refractivity contribution < 1.29 is 14.9 Å². The molecule has 5 fully saturated rings. The highest BCUT2D eigenvalue weighted by atomic mass is 16.5. The molecule has 0 spiro atoms. The van der Waals surface area contributed by atoms with Gasteiger partial charge in [-0.1, -0.05) is 19.9 Å². The lowest BCUT2D eigenvalue weighted by molar-refractivity contribution is -0.0996. The molecule has 9 atom stereocenters. The number of fused-ring (bicyclic) bond motifs is 1. The van der Waals surface area contributed by atoms with Gasteiger partial charge in [-0.3, -0.25) is 0 Å². The van der Waals surface area contributed by atoms with Crippen molar-refractivity contribution in [2.24, 2.45) is 34.5 Å². The van der Waals surface area contributed by atoms with Crippen LogP contribution in [0.15, 0.2) is 11.6 Å². The zero-order chi connectivity index (χ0) is 16.7. The molecule has 0 radical (unpaired) electrons. The first-order valence-electron chi connectivity index (χ1n) is 10.1. The third kappa shape index (κ3) is 1.84. The molecule has 0 amide bonds. The molecular weight excluding hydrogens is 300 g/mol. The molecule has 8 bridgehead atoms. The molecule has 134 valence electrons. The van der Waals surface area contributed by atoms with Gasteiger partial charge in [0.25, 0.3) is 0 Å². The van der Waals surface area contributed by atoms with Crippen LogP contribution >= 0.6 is 0 Å². The quantitative estimate of drug-likeness (QED) is 0.725. The van der Waals surface area contributed by atoms with Gasteiger partial charge in [0.15, 0.2) is 0 Å². The summed E-state index contributed by atoms with van der Waals surface area (Å²) in [5, 5.41) is 21.1. The lowest BCUT2D eigenvalue weighted by Crippen LogP contribution is -2.53. The molecule has 0 aromatic rings. The maximum atomic E-state index is 11.0. The van der Waals surface area contributed by atoms with Crippen LogP contribution in [0.1, 0.15) is 58.8 Å². The lowest BCUT2D eigenvalue weighted by atomic mass is 9.46. The zero-order valence-corrected chi connectivity index (χ0v) is 15.1. The van der Waals surface area contributed by atoms with Crippen molar-refractivity contribution in [3.05, 3.63) is 11.6 Å². The summed E-state index contributed by atoms with van der Waals surface area (Å²) in [6, 6.07) is 0. The second-order valence-electron chi connectivity index (χ2n) is 9.83. The van der Waals surface area contributed by atoms with Crippen LogP contribution in [0.2, 0.25) is 0 Å². The van der Waals surface area contributed by atoms with Crippen LogP contribution in [0.4, 0.5) is 0 Å². The first kappa shape index (κ1) is 15.8. The van der Waals surface area contributed by atoms with E-state index in [1.54, 1.807) is 0 Å². The molecule has 3 saturated carbocycles. The van der Waals surface area contributed by atoms with Crippen molar-refractivity contribution in [1.29, 1.82) is 0 Å². The van der Waals surface area contributed by atoms with Gasteiger partial charge in [-0.2, -0.15) is 0 Å². The van der Waals surface area contributed by atoms with E-state index in [1.807, 2.05) is 0 Å². The number of ether oxygens (including phenoxy) is 1. The molecule has 24 heavy (non-hydrogen) atoms. The van der Waals surface area contributed by atoms with Crippen LogP contribution in [0.5, 0.6) is 0 Å². The summed E-state index contributed by atoms with van der Waals surface area (Å²) in [7, 11) is 0. The lowest BCUT2D eigenvalue weighted by Gasteiger charge is -2.59. The van der Waals surface area contributed by atoms with E-state index < -0.39 is 0 Å². The molecule has 5 aliphatic heterocycles. The molecule has 2 saturated heterocycles. The van der Waals surface area contributed by atoms with E-state index in [0.717, 1.165) is 25.2 Å². The summed E-state index contributed by atoms with van der Waals surface area (Å²) < 4.78 is 6.47. The summed E-state index contributed by atoms with van der Waals surface area (Å²) in [5.74, 6) is 2.56. The van der Waals surface area contributed by atoms with E-state index in [0.29, 0.717) is 17.8 Å². The highest BCUT2D eigenvalue weighted by molar-refractivity contribution is 5.29. The molecular formula is C21H32O3. The van der Waals surface area contributed by atoms with Crippen molar-refractivity contribution in [2.45, 2.75) is 77.1 Å². The third-order valence-corrected chi connectivity index (χ3v) is 9.13. The van der Waals surface area contributed by atoms with Gasteiger partial charge in [0.1, 0.15) is 0 Å². The van der Waals surface area contributed by atoms with Gasteiger partial charge >= 0.3 is 0 Å². The molecule has 5 heterocycles. The van der Waals surface area contributed by atoms with E-state index in [1.165, 1.54) is 31.3 Å². The van der Waals surface area contributed by atoms with Crippen LogP contribution in [0.3, 0.4) is 0 Å². The van der Waals surface area contributed by atoms with Crippen LogP contribution in [-0.2, 0) is 4.74 Å². The summed E-state index contributed by atoms with van der Waals surface area (Å²) >= 11 is 0. The highest BCUT2D eigenvalue weighted by Gasteiger charge is 2.62. The van der Waals surface area contributed by atoms with Crippen LogP contribution in [0.25, 0.3) is 0 Å². The molecule has 2 N–H and O–H groups in total. The van der Waals surface area contributed by atoms with Crippen molar-refractivity contribution in [3.8, 4) is 0 Å². The molecule has 3 nitrogen and oxygen atoms in total. The van der Waals surface area contributed by atoms with Crippen LogP contribution < -0.4 is 0 Å². The minimum atomic E-state index is -0.283. The Hall–Kier alpha value is -0.380. The molecule has 3 heteroatoms. The predicted octanol–water partition coefficient (Wildman–Crippen LogP) is 3.30. The maximum absolute atomic E-state index is 11.0. The summed E-state index contributed by atoms with van der Waals surface area (Å²) in [4.78, 5) is 0. The standard InChI is InChI=1S/C21H32O3/c1-20-8-6-15-13-10-18(23)17-9-12(5-7-21(15,17)2)24-19(11-22)16(20)4-3-14(13)20/h9,12-16,18-19,22-23H,3-8,10-11H2,1-2H3/t12?,13-,14-,15-,16+,18+,19?,20-,21+/m0/s1. The molecule has 0 aromatic carbocycles.